The summed E-state index contributed by atoms with van der Waals surface area (Å²) in [5.74, 6) is 0. The zero-order valence-electron chi connectivity index (χ0n) is 36.0. The van der Waals surface area contributed by atoms with E-state index in [1.165, 1.54) is 132 Å². The van der Waals surface area contributed by atoms with E-state index < -0.39 is 0 Å². The predicted octanol–water partition coefficient (Wildman–Crippen LogP) is 17.4. The fraction of sp³-hybridized carbons (Fsp3) is 0.0625. The van der Waals surface area contributed by atoms with Gasteiger partial charge in [-0.3, -0.25) is 0 Å². The third kappa shape index (κ3) is 5.83. The molecule has 13 rings (SSSR count). The number of benzene rings is 11. The van der Waals surface area contributed by atoms with Crippen molar-refractivity contribution in [3.63, 3.8) is 0 Å². The lowest BCUT2D eigenvalue weighted by Crippen LogP contribution is -2.14. The van der Waals surface area contributed by atoms with Crippen molar-refractivity contribution < 1.29 is 0 Å². The van der Waals surface area contributed by atoms with Gasteiger partial charge in [0.2, 0.25) is 0 Å². The van der Waals surface area contributed by atoms with Crippen molar-refractivity contribution in [3.05, 3.63) is 241 Å². The zero-order chi connectivity index (χ0) is 42.5. The van der Waals surface area contributed by atoms with Gasteiger partial charge in [-0.25, -0.2) is 0 Å². The Labute approximate surface area is 374 Å². The summed E-state index contributed by atoms with van der Waals surface area (Å²) in [5.41, 5.74) is 23.3. The fourth-order valence-electron chi connectivity index (χ4n) is 11.1. The van der Waals surface area contributed by atoms with Crippen molar-refractivity contribution in [2.45, 2.75) is 25.7 Å². The summed E-state index contributed by atoms with van der Waals surface area (Å²) in [6.45, 7) is 4.74. The van der Waals surface area contributed by atoms with Crippen LogP contribution in [0.2, 0.25) is 0 Å². The molecule has 0 heterocycles. The number of rotatable bonds is 5. The van der Waals surface area contributed by atoms with E-state index >= 15 is 0 Å². The van der Waals surface area contributed by atoms with E-state index in [1.807, 2.05) is 0 Å². The summed E-state index contributed by atoms with van der Waals surface area (Å²) in [6.07, 6.45) is 0.969. The van der Waals surface area contributed by atoms with Gasteiger partial charge in [-0.1, -0.05) is 196 Å². The standard InChI is InChI=1S/C64H44/c1-64(2)62-17-8-7-15-59(62)60-31-27-48(39-63(60)64)51-35-50(42-20-18-41(19-21-42)45-23-22-40-10-3-4-12-44(40)32-45)36-52(37-51)55-16-9-13-49-33-46(25-28-56(49)55)47-26-29-57-53(34-47)38-61-54-14-6-5-11-43(54)24-30-58(57)61/h3-37,39H,38H2,1-2H3. The van der Waals surface area contributed by atoms with Crippen molar-refractivity contribution in [1.82, 2.24) is 0 Å². The average Bonchev–Trinajstić information content (AvgIpc) is 3.84. The third-order valence-corrected chi connectivity index (χ3v) is 14.5. The number of hydrogen-bond donors (Lipinski definition) is 0. The largest absolute Gasteiger partial charge is 0.0619 e. The van der Waals surface area contributed by atoms with Gasteiger partial charge in [0.15, 0.2) is 0 Å². The van der Waals surface area contributed by atoms with E-state index in [1.54, 1.807) is 0 Å². The van der Waals surface area contributed by atoms with Gasteiger partial charge in [-0.2, -0.15) is 0 Å². The van der Waals surface area contributed by atoms with Crippen LogP contribution in [0.4, 0.5) is 0 Å². The van der Waals surface area contributed by atoms with Gasteiger partial charge in [-0.15, -0.1) is 0 Å². The Morgan fingerprint density at radius 1 is 0.281 bits per heavy atom. The highest BCUT2D eigenvalue weighted by Crippen LogP contribution is 2.50. The lowest BCUT2D eigenvalue weighted by molar-refractivity contribution is 0.660. The van der Waals surface area contributed by atoms with Crippen molar-refractivity contribution in [3.8, 4) is 77.9 Å². The molecule has 300 valence electrons. The lowest BCUT2D eigenvalue weighted by atomic mass is 9.81. The van der Waals surface area contributed by atoms with Crippen molar-refractivity contribution in [1.29, 1.82) is 0 Å². The van der Waals surface area contributed by atoms with Crippen molar-refractivity contribution in [2.24, 2.45) is 0 Å². The average molecular weight is 813 g/mol. The maximum atomic E-state index is 2.45. The van der Waals surface area contributed by atoms with Crippen LogP contribution in [0.5, 0.6) is 0 Å². The molecule has 0 aromatic heterocycles. The molecule has 11 aromatic carbocycles. The van der Waals surface area contributed by atoms with Crippen LogP contribution >= 0.6 is 0 Å². The molecule has 0 aliphatic heterocycles. The molecule has 11 aromatic rings. The third-order valence-electron chi connectivity index (χ3n) is 14.5. The summed E-state index contributed by atoms with van der Waals surface area (Å²) in [4.78, 5) is 0. The Morgan fingerprint density at radius 3 is 1.67 bits per heavy atom. The molecule has 0 unspecified atom stereocenters. The van der Waals surface area contributed by atoms with Crippen LogP contribution in [-0.2, 0) is 11.8 Å². The molecule has 0 radical (unpaired) electrons. The van der Waals surface area contributed by atoms with Crippen LogP contribution < -0.4 is 0 Å². The van der Waals surface area contributed by atoms with Gasteiger partial charge >= 0.3 is 0 Å². The van der Waals surface area contributed by atoms with Crippen LogP contribution in [0.25, 0.3) is 110 Å². The van der Waals surface area contributed by atoms with Crippen molar-refractivity contribution >= 4 is 32.3 Å². The SMILES string of the molecule is CC1(C)c2ccccc2-c2ccc(-c3cc(-c4ccc(-c5ccc6ccccc6c5)cc4)cc(-c4cccc5cc(-c6ccc7c(c6)Cc6c-7ccc7ccccc67)ccc45)c3)cc21. The molecule has 64 heavy (non-hydrogen) atoms. The molecule has 0 bridgehead atoms. The molecule has 0 saturated carbocycles. The van der Waals surface area contributed by atoms with Crippen LogP contribution in [0.3, 0.4) is 0 Å². The van der Waals surface area contributed by atoms with Crippen LogP contribution in [-0.4, -0.2) is 0 Å². The second-order valence-electron chi connectivity index (χ2n) is 18.5. The minimum absolute atomic E-state index is 0.0779. The van der Waals surface area contributed by atoms with E-state index in [2.05, 4.69) is 232 Å². The topological polar surface area (TPSA) is 0 Å². The van der Waals surface area contributed by atoms with Crippen LogP contribution in [0.15, 0.2) is 218 Å². The second kappa shape index (κ2) is 14.1. The summed E-state index contributed by atoms with van der Waals surface area (Å²) in [5, 5.41) is 7.71. The summed E-state index contributed by atoms with van der Waals surface area (Å²) < 4.78 is 0. The van der Waals surface area contributed by atoms with Gasteiger partial charge in [0.05, 0.1) is 0 Å². The van der Waals surface area contributed by atoms with Crippen molar-refractivity contribution in [2.75, 3.05) is 0 Å². The summed E-state index contributed by atoms with van der Waals surface area (Å²) in [6, 6.07) is 82.0. The van der Waals surface area contributed by atoms with Gasteiger partial charge in [0.1, 0.15) is 0 Å². The minimum Gasteiger partial charge on any atom is -0.0619 e. The second-order valence-corrected chi connectivity index (χ2v) is 18.5. The molecule has 0 spiro atoms. The monoisotopic (exact) mass is 812 g/mol. The Balaban J connectivity index is 0.906. The normalized spacial score (nSPS) is 13.2. The molecule has 0 N–H and O–H groups in total. The Hall–Kier alpha value is -7.80. The first-order valence-electron chi connectivity index (χ1n) is 22.6. The fourth-order valence-corrected chi connectivity index (χ4v) is 11.1. The van der Waals surface area contributed by atoms with E-state index in [4.69, 9.17) is 0 Å². The molecule has 2 aliphatic rings. The molecule has 0 fully saturated rings. The van der Waals surface area contributed by atoms with E-state index in [9.17, 15) is 0 Å². The highest BCUT2D eigenvalue weighted by atomic mass is 14.4. The maximum absolute atomic E-state index is 2.45. The number of fused-ring (bicyclic) bond motifs is 10. The maximum Gasteiger partial charge on any atom is 0.0159 e. The van der Waals surface area contributed by atoms with E-state index in [-0.39, 0.29) is 5.41 Å². The summed E-state index contributed by atoms with van der Waals surface area (Å²) >= 11 is 0. The predicted molar refractivity (Wildman–Crippen MR) is 272 cm³/mol. The molecule has 0 atom stereocenters. The molecule has 0 nitrogen and oxygen atoms in total. The van der Waals surface area contributed by atoms with Crippen LogP contribution in [0.1, 0.15) is 36.1 Å². The molecule has 0 heteroatoms. The van der Waals surface area contributed by atoms with Gasteiger partial charge in [0, 0.05) is 5.41 Å². The quantitative estimate of drug-likeness (QED) is 0.162. The van der Waals surface area contributed by atoms with Gasteiger partial charge < -0.3 is 0 Å². The van der Waals surface area contributed by atoms with Crippen LogP contribution in [0, 0.1) is 0 Å². The Bertz CT molecular complexity index is 3710. The molecule has 0 saturated heterocycles. The molecular weight excluding hydrogens is 769 g/mol. The highest BCUT2D eigenvalue weighted by Gasteiger charge is 2.35. The Kier molecular flexibility index (Phi) is 8.12. The molecule has 0 amide bonds. The Morgan fingerprint density at radius 2 is 0.812 bits per heavy atom. The molecular formula is C64H44. The summed E-state index contributed by atoms with van der Waals surface area (Å²) in [7, 11) is 0. The first-order chi connectivity index (χ1) is 31.4. The smallest absolute Gasteiger partial charge is 0.0159 e. The zero-order valence-corrected chi connectivity index (χ0v) is 36.0. The molecule has 2 aliphatic carbocycles. The van der Waals surface area contributed by atoms with Gasteiger partial charge in [0.25, 0.3) is 0 Å². The van der Waals surface area contributed by atoms with Gasteiger partial charge in [-0.05, 0) is 175 Å². The lowest BCUT2D eigenvalue weighted by Gasteiger charge is -2.22. The first-order valence-corrected chi connectivity index (χ1v) is 22.6. The highest BCUT2D eigenvalue weighted by molar-refractivity contribution is 6.01. The first kappa shape index (κ1) is 36.8. The van der Waals surface area contributed by atoms with E-state index in [0.29, 0.717) is 0 Å². The number of hydrogen-bond acceptors (Lipinski definition) is 0. The van der Waals surface area contributed by atoms with E-state index in [0.717, 1.165) is 6.42 Å². The minimum atomic E-state index is -0.0779.